The summed E-state index contributed by atoms with van der Waals surface area (Å²) in [6.07, 6.45) is 2.14. The summed E-state index contributed by atoms with van der Waals surface area (Å²) >= 11 is 12.1. The number of hydrogen-bond donors (Lipinski definition) is 1. The second kappa shape index (κ2) is 5.57. The number of benzene rings is 1. The first kappa shape index (κ1) is 13.2. The molecule has 0 radical (unpaired) electrons. The monoisotopic (exact) mass is 273 g/mol. The van der Waals surface area contributed by atoms with E-state index in [0.29, 0.717) is 10.0 Å². The first-order chi connectivity index (χ1) is 8.18. The van der Waals surface area contributed by atoms with Crippen LogP contribution in [-0.2, 0) is 10.2 Å². The summed E-state index contributed by atoms with van der Waals surface area (Å²) in [5.74, 6) is 0. The summed E-state index contributed by atoms with van der Waals surface area (Å²) in [5, 5.41) is 4.61. The Morgan fingerprint density at radius 2 is 1.94 bits per heavy atom. The van der Waals surface area contributed by atoms with Crippen LogP contribution in [-0.4, -0.2) is 26.8 Å². The Kier molecular flexibility index (Phi) is 4.31. The molecule has 0 aliphatic carbocycles. The van der Waals surface area contributed by atoms with Crippen LogP contribution in [0, 0.1) is 0 Å². The van der Waals surface area contributed by atoms with E-state index in [9.17, 15) is 0 Å². The molecule has 0 amide bonds. The van der Waals surface area contributed by atoms with E-state index in [0.717, 1.165) is 32.5 Å². The maximum Gasteiger partial charge on any atom is 0.0595 e. The minimum atomic E-state index is 0.0776. The number of piperidine rings is 1. The van der Waals surface area contributed by atoms with E-state index in [1.54, 1.807) is 7.11 Å². The van der Waals surface area contributed by atoms with Crippen LogP contribution in [0.15, 0.2) is 18.2 Å². The van der Waals surface area contributed by atoms with Crippen molar-refractivity contribution >= 4 is 23.2 Å². The van der Waals surface area contributed by atoms with Gasteiger partial charge >= 0.3 is 0 Å². The van der Waals surface area contributed by atoms with Crippen LogP contribution in [0.3, 0.4) is 0 Å². The zero-order chi connectivity index (χ0) is 12.3. The van der Waals surface area contributed by atoms with Crippen LogP contribution in [0.25, 0.3) is 0 Å². The van der Waals surface area contributed by atoms with Crippen molar-refractivity contribution in [2.45, 2.75) is 18.3 Å². The van der Waals surface area contributed by atoms with Crippen LogP contribution in [0.1, 0.15) is 18.4 Å². The highest BCUT2D eigenvalue weighted by atomic mass is 35.5. The van der Waals surface area contributed by atoms with E-state index in [4.69, 9.17) is 27.9 Å². The van der Waals surface area contributed by atoms with Crippen molar-refractivity contribution in [3.8, 4) is 0 Å². The molecule has 1 aliphatic rings. The highest BCUT2D eigenvalue weighted by molar-refractivity contribution is 6.42. The highest BCUT2D eigenvalue weighted by Gasteiger charge is 2.34. The van der Waals surface area contributed by atoms with Crippen LogP contribution >= 0.6 is 23.2 Å². The van der Waals surface area contributed by atoms with E-state index >= 15 is 0 Å². The number of rotatable bonds is 3. The van der Waals surface area contributed by atoms with Gasteiger partial charge in [-0.25, -0.2) is 0 Å². The van der Waals surface area contributed by atoms with E-state index in [2.05, 4.69) is 11.4 Å². The standard InChI is InChI=1S/C13H17Cl2NO/c1-17-9-13(4-6-16-7-5-13)10-2-3-11(14)12(15)8-10/h2-3,8,16H,4-7,9H2,1H3. The maximum atomic E-state index is 6.11. The van der Waals surface area contributed by atoms with Gasteiger partial charge in [0.15, 0.2) is 0 Å². The number of nitrogens with one attached hydrogen (secondary N) is 1. The van der Waals surface area contributed by atoms with Gasteiger partial charge in [-0.1, -0.05) is 29.3 Å². The molecule has 94 valence electrons. The first-order valence-electron chi connectivity index (χ1n) is 5.83. The number of halogens is 2. The van der Waals surface area contributed by atoms with Crippen molar-refractivity contribution in [2.24, 2.45) is 0 Å². The van der Waals surface area contributed by atoms with Gasteiger partial charge in [0, 0.05) is 12.5 Å². The van der Waals surface area contributed by atoms with Crippen LogP contribution in [0.2, 0.25) is 10.0 Å². The molecule has 0 atom stereocenters. The van der Waals surface area contributed by atoms with Crippen LogP contribution in [0.5, 0.6) is 0 Å². The van der Waals surface area contributed by atoms with Gasteiger partial charge < -0.3 is 10.1 Å². The summed E-state index contributed by atoms with van der Waals surface area (Å²) in [7, 11) is 1.75. The molecule has 0 saturated carbocycles. The van der Waals surface area contributed by atoms with Gasteiger partial charge in [0.05, 0.1) is 16.7 Å². The second-order valence-electron chi connectivity index (χ2n) is 4.59. The summed E-state index contributed by atoms with van der Waals surface area (Å²) < 4.78 is 5.41. The van der Waals surface area contributed by atoms with Crippen molar-refractivity contribution in [3.63, 3.8) is 0 Å². The molecule has 0 unspecified atom stereocenters. The topological polar surface area (TPSA) is 21.3 Å². The molecule has 0 bridgehead atoms. The first-order valence-corrected chi connectivity index (χ1v) is 6.59. The second-order valence-corrected chi connectivity index (χ2v) is 5.41. The summed E-state index contributed by atoms with van der Waals surface area (Å²) in [6, 6.07) is 5.92. The van der Waals surface area contributed by atoms with Crippen molar-refractivity contribution in [3.05, 3.63) is 33.8 Å². The number of hydrogen-bond acceptors (Lipinski definition) is 2. The van der Waals surface area contributed by atoms with E-state index < -0.39 is 0 Å². The lowest BCUT2D eigenvalue weighted by atomic mass is 9.74. The average Bonchev–Trinajstić information content (AvgIpc) is 2.34. The summed E-state index contributed by atoms with van der Waals surface area (Å²) in [4.78, 5) is 0. The molecule has 2 rings (SSSR count). The molecule has 4 heteroatoms. The van der Waals surface area contributed by atoms with Gasteiger partial charge in [-0.3, -0.25) is 0 Å². The van der Waals surface area contributed by atoms with Gasteiger partial charge in [-0.05, 0) is 43.6 Å². The molecule has 2 nitrogen and oxygen atoms in total. The quantitative estimate of drug-likeness (QED) is 0.913. The van der Waals surface area contributed by atoms with Crippen molar-refractivity contribution in [1.29, 1.82) is 0 Å². The molecule has 0 aromatic heterocycles. The normalized spacial score (nSPS) is 19.2. The molecule has 1 aromatic carbocycles. The summed E-state index contributed by atoms with van der Waals surface area (Å²) in [6.45, 7) is 2.76. The van der Waals surface area contributed by atoms with E-state index in [1.807, 2.05) is 12.1 Å². The van der Waals surface area contributed by atoms with Gasteiger partial charge in [0.25, 0.3) is 0 Å². The molecule has 1 fully saturated rings. The maximum absolute atomic E-state index is 6.11. The Morgan fingerprint density at radius 1 is 1.24 bits per heavy atom. The third kappa shape index (κ3) is 2.76. The van der Waals surface area contributed by atoms with Gasteiger partial charge in [-0.15, -0.1) is 0 Å². The SMILES string of the molecule is COCC1(c2ccc(Cl)c(Cl)c2)CCNCC1. The fourth-order valence-corrected chi connectivity index (χ4v) is 2.82. The number of ether oxygens (including phenoxy) is 1. The Labute approximate surface area is 112 Å². The van der Waals surface area contributed by atoms with Crippen LogP contribution in [0.4, 0.5) is 0 Å². The fourth-order valence-electron chi connectivity index (χ4n) is 2.52. The molecule has 1 aliphatic heterocycles. The zero-order valence-electron chi connectivity index (χ0n) is 9.93. The minimum absolute atomic E-state index is 0.0776. The molecule has 1 heterocycles. The fraction of sp³-hybridized carbons (Fsp3) is 0.538. The smallest absolute Gasteiger partial charge is 0.0595 e. The van der Waals surface area contributed by atoms with Gasteiger partial charge in [-0.2, -0.15) is 0 Å². The molecule has 1 aromatic rings. The van der Waals surface area contributed by atoms with Crippen molar-refractivity contribution in [2.75, 3.05) is 26.8 Å². The molecule has 1 N–H and O–H groups in total. The molecule has 1 saturated heterocycles. The average molecular weight is 274 g/mol. The minimum Gasteiger partial charge on any atom is -0.384 e. The van der Waals surface area contributed by atoms with Gasteiger partial charge in [0.2, 0.25) is 0 Å². The number of methoxy groups -OCH3 is 1. The lowest BCUT2D eigenvalue weighted by Crippen LogP contribution is -2.42. The zero-order valence-corrected chi connectivity index (χ0v) is 11.4. The third-order valence-electron chi connectivity index (χ3n) is 3.51. The Bertz CT molecular complexity index is 383. The molecule has 17 heavy (non-hydrogen) atoms. The molecular formula is C13H17Cl2NO. The van der Waals surface area contributed by atoms with Crippen LogP contribution < -0.4 is 5.32 Å². The third-order valence-corrected chi connectivity index (χ3v) is 4.25. The van der Waals surface area contributed by atoms with E-state index in [-0.39, 0.29) is 5.41 Å². The predicted octanol–water partition coefficient (Wildman–Crippen LogP) is 3.26. The van der Waals surface area contributed by atoms with Crippen molar-refractivity contribution in [1.82, 2.24) is 5.32 Å². The molecule has 0 spiro atoms. The lowest BCUT2D eigenvalue weighted by molar-refractivity contribution is 0.108. The van der Waals surface area contributed by atoms with E-state index in [1.165, 1.54) is 5.56 Å². The Balaban J connectivity index is 2.34. The highest BCUT2D eigenvalue weighted by Crippen LogP contribution is 2.36. The molecular weight excluding hydrogens is 257 g/mol. The van der Waals surface area contributed by atoms with Gasteiger partial charge in [0.1, 0.15) is 0 Å². The Hall–Kier alpha value is -0.280. The predicted molar refractivity (Wildman–Crippen MR) is 72.1 cm³/mol. The lowest BCUT2D eigenvalue weighted by Gasteiger charge is -2.37. The summed E-state index contributed by atoms with van der Waals surface area (Å²) in [5.41, 5.74) is 1.31. The van der Waals surface area contributed by atoms with Crippen molar-refractivity contribution < 1.29 is 4.74 Å². The Morgan fingerprint density at radius 3 is 2.53 bits per heavy atom. The largest absolute Gasteiger partial charge is 0.384 e.